The van der Waals surface area contributed by atoms with Gasteiger partial charge in [0.25, 0.3) is 0 Å². The van der Waals surface area contributed by atoms with Crippen molar-refractivity contribution in [3.63, 3.8) is 0 Å². The monoisotopic (exact) mass is 253 g/mol. The summed E-state index contributed by atoms with van der Waals surface area (Å²) in [5, 5.41) is 14.1. The van der Waals surface area contributed by atoms with Crippen LogP contribution < -0.4 is 10.6 Å². The van der Waals surface area contributed by atoms with E-state index in [4.69, 9.17) is 0 Å². The van der Waals surface area contributed by atoms with Crippen molar-refractivity contribution in [1.82, 2.24) is 25.6 Å². The molecule has 0 aliphatic heterocycles. The lowest BCUT2D eigenvalue weighted by Crippen LogP contribution is -2.35. The van der Waals surface area contributed by atoms with Crippen molar-refractivity contribution in [3.8, 4) is 0 Å². The third-order valence-electron chi connectivity index (χ3n) is 2.46. The number of nitrogens with one attached hydrogen (secondary N) is 2. The van der Waals surface area contributed by atoms with Gasteiger partial charge >= 0.3 is 0 Å². The standard InChI is InChI=1S/C12H23N5O/c1-8(2)13-6-11-7-17(16-15-11)10(5)12(18)14-9(3)4/h7-10,13H,6H2,1-5H3,(H,14,18). The van der Waals surface area contributed by atoms with Gasteiger partial charge in [0.1, 0.15) is 6.04 Å². The average molecular weight is 253 g/mol. The number of carbonyl (C=O) groups is 1. The third-order valence-corrected chi connectivity index (χ3v) is 2.46. The topological polar surface area (TPSA) is 71.8 Å². The fourth-order valence-corrected chi connectivity index (χ4v) is 1.42. The molecule has 0 aliphatic rings. The van der Waals surface area contributed by atoms with E-state index in [1.54, 1.807) is 10.9 Å². The summed E-state index contributed by atoms with van der Waals surface area (Å²) in [6.07, 6.45) is 1.81. The minimum atomic E-state index is -0.340. The quantitative estimate of drug-likeness (QED) is 0.789. The van der Waals surface area contributed by atoms with Crippen LogP contribution in [0.1, 0.15) is 46.4 Å². The molecule has 0 radical (unpaired) electrons. The maximum absolute atomic E-state index is 11.8. The highest BCUT2D eigenvalue weighted by Gasteiger charge is 2.17. The highest BCUT2D eigenvalue weighted by atomic mass is 16.2. The highest BCUT2D eigenvalue weighted by molar-refractivity contribution is 5.79. The molecule has 102 valence electrons. The fraction of sp³-hybridized carbons (Fsp3) is 0.750. The summed E-state index contributed by atoms with van der Waals surface area (Å²) in [5.74, 6) is -0.0433. The van der Waals surface area contributed by atoms with E-state index in [1.807, 2.05) is 20.8 Å². The minimum absolute atomic E-state index is 0.0433. The Morgan fingerprint density at radius 1 is 1.28 bits per heavy atom. The Bertz CT molecular complexity index is 386. The summed E-state index contributed by atoms with van der Waals surface area (Å²) < 4.78 is 1.59. The van der Waals surface area contributed by atoms with Crippen molar-refractivity contribution < 1.29 is 4.79 Å². The van der Waals surface area contributed by atoms with Crippen LogP contribution in [0, 0.1) is 0 Å². The van der Waals surface area contributed by atoms with Crippen LogP contribution in [0.25, 0.3) is 0 Å². The molecule has 1 unspecified atom stereocenters. The molecule has 0 bridgehead atoms. The summed E-state index contributed by atoms with van der Waals surface area (Å²) in [5.41, 5.74) is 0.841. The molecule has 0 aliphatic carbocycles. The Balaban J connectivity index is 2.58. The molecule has 1 aromatic rings. The molecule has 6 nitrogen and oxygen atoms in total. The molecule has 18 heavy (non-hydrogen) atoms. The zero-order valence-electron chi connectivity index (χ0n) is 11.8. The maximum Gasteiger partial charge on any atom is 0.244 e. The van der Waals surface area contributed by atoms with E-state index in [0.717, 1.165) is 5.69 Å². The zero-order valence-corrected chi connectivity index (χ0v) is 11.8. The van der Waals surface area contributed by atoms with E-state index >= 15 is 0 Å². The highest BCUT2D eigenvalue weighted by Crippen LogP contribution is 2.05. The molecule has 0 saturated carbocycles. The Morgan fingerprint density at radius 2 is 1.94 bits per heavy atom. The summed E-state index contributed by atoms with van der Waals surface area (Å²) in [4.78, 5) is 11.8. The van der Waals surface area contributed by atoms with E-state index in [1.165, 1.54) is 0 Å². The largest absolute Gasteiger partial charge is 0.352 e. The van der Waals surface area contributed by atoms with Crippen molar-refractivity contribution in [1.29, 1.82) is 0 Å². The van der Waals surface area contributed by atoms with Gasteiger partial charge in [0.2, 0.25) is 5.91 Å². The number of rotatable bonds is 6. The Morgan fingerprint density at radius 3 is 2.50 bits per heavy atom. The summed E-state index contributed by atoms with van der Waals surface area (Å²) >= 11 is 0. The van der Waals surface area contributed by atoms with E-state index in [0.29, 0.717) is 12.6 Å². The number of aromatic nitrogens is 3. The molecule has 0 aromatic carbocycles. The molecule has 1 heterocycles. The van der Waals surface area contributed by atoms with Crippen LogP contribution in [0.5, 0.6) is 0 Å². The first-order chi connectivity index (χ1) is 8.40. The third kappa shape index (κ3) is 4.44. The molecular formula is C12H23N5O. The smallest absolute Gasteiger partial charge is 0.244 e. The van der Waals surface area contributed by atoms with Crippen molar-refractivity contribution in [3.05, 3.63) is 11.9 Å². The van der Waals surface area contributed by atoms with E-state index in [9.17, 15) is 4.79 Å². The summed E-state index contributed by atoms with van der Waals surface area (Å²) in [6, 6.07) is 0.190. The van der Waals surface area contributed by atoms with Gasteiger partial charge in [-0.15, -0.1) is 5.10 Å². The van der Waals surface area contributed by atoms with Gasteiger partial charge in [0.15, 0.2) is 0 Å². The van der Waals surface area contributed by atoms with Crippen LogP contribution in [0.15, 0.2) is 6.20 Å². The number of hydrogen-bond donors (Lipinski definition) is 2. The Labute approximate surface area is 108 Å². The molecule has 1 aromatic heterocycles. The van der Waals surface area contributed by atoms with E-state index in [2.05, 4.69) is 34.8 Å². The van der Waals surface area contributed by atoms with Gasteiger partial charge in [-0.25, -0.2) is 4.68 Å². The second-order valence-corrected chi connectivity index (χ2v) is 5.06. The molecule has 1 amide bonds. The molecule has 0 saturated heterocycles. The van der Waals surface area contributed by atoms with Crippen LogP contribution in [-0.4, -0.2) is 33.0 Å². The molecule has 6 heteroatoms. The van der Waals surface area contributed by atoms with Gasteiger partial charge in [-0.3, -0.25) is 4.79 Å². The van der Waals surface area contributed by atoms with Crippen molar-refractivity contribution in [2.75, 3.05) is 0 Å². The molecule has 1 rings (SSSR count). The first-order valence-electron chi connectivity index (χ1n) is 6.34. The first kappa shape index (κ1) is 14.6. The lowest BCUT2D eigenvalue weighted by atomic mass is 10.3. The van der Waals surface area contributed by atoms with Crippen LogP contribution in [0.4, 0.5) is 0 Å². The number of nitrogens with zero attached hydrogens (tertiary/aromatic N) is 3. The molecule has 0 spiro atoms. The number of amides is 1. The normalized spacial score (nSPS) is 13.1. The van der Waals surface area contributed by atoms with E-state index in [-0.39, 0.29) is 18.0 Å². The van der Waals surface area contributed by atoms with Gasteiger partial charge in [0.05, 0.1) is 11.9 Å². The predicted octanol–water partition coefficient (Wildman–Crippen LogP) is 0.862. The number of carbonyl (C=O) groups excluding carboxylic acids is 1. The average Bonchev–Trinajstić information content (AvgIpc) is 2.72. The lowest BCUT2D eigenvalue weighted by molar-refractivity contribution is -0.124. The first-order valence-corrected chi connectivity index (χ1v) is 6.34. The van der Waals surface area contributed by atoms with Gasteiger partial charge in [-0.1, -0.05) is 19.1 Å². The van der Waals surface area contributed by atoms with Gasteiger partial charge < -0.3 is 10.6 Å². The second kappa shape index (κ2) is 6.49. The van der Waals surface area contributed by atoms with Crippen molar-refractivity contribution in [2.45, 2.75) is 59.3 Å². The van der Waals surface area contributed by atoms with Crippen LogP contribution in [0.2, 0.25) is 0 Å². The fourth-order valence-electron chi connectivity index (χ4n) is 1.42. The van der Waals surface area contributed by atoms with Crippen molar-refractivity contribution >= 4 is 5.91 Å². The number of hydrogen-bond acceptors (Lipinski definition) is 4. The Hall–Kier alpha value is -1.43. The summed E-state index contributed by atoms with van der Waals surface area (Å²) in [7, 11) is 0. The van der Waals surface area contributed by atoms with Crippen LogP contribution >= 0.6 is 0 Å². The van der Waals surface area contributed by atoms with Crippen molar-refractivity contribution in [2.24, 2.45) is 0 Å². The SMILES string of the molecule is CC(C)NCc1cn(C(C)C(=O)NC(C)C)nn1. The second-order valence-electron chi connectivity index (χ2n) is 5.06. The maximum atomic E-state index is 11.8. The Kier molecular flexibility index (Phi) is 5.27. The predicted molar refractivity (Wildman–Crippen MR) is 70.0 cm³/mol. The van der Waals surface area contributed by atoms with E-state index < -0.39 is 0 Å². The lowest BCUT2D eigenvalue weighted by Gasteiger charge is -2.14. The minimum Gasteiger partial charge on any atom is -0.352 e. The molecular weight excluding hydrogens is 230 g/mol. The van der Waals surface area contributed by atoms with Crippen LogP contribution in [-0.2, 0) is 11.3 Å². The molecule has 0 fully saturated rings. The van der Waals surface area contributed by atoms with Gasteiger partial charge in [0, 0.05) is 18.6 Å². The van der Waals surface area contributed by atoms with Gasteiger partial charge in [-0.2, -0.15) is 0 Å². The molecule has 1 atom stereocenters. The van der Waals surface area contributed by atoms with Crippen LogP contribution in [0.3, 0.4) is 0 Å². The van der Waals surface area contributed by atoms with Gasteiger partial charge in [-0.05, 0) is 20.8 Å². The molecule has 2 N–H and O–H groups in total. The summed E-state index contributed by atoms with van der Waals surface area (Å²) in [6.45, 7) is 10.5. The zero-order chi connectivity index (χ0) is 13.7.